The molecule has 0 saturated heterocycles. The fourth-order valence-electron chi connectivity index (χ4n) is 0.697. The molecule has 1 N–H and O–H groups in total. The molecule has 1 aromatic carbocycles. The summed E-state index contributed by atoms with van der Waals surface area (Å²) in [6, 6.07) is 5.47. The Morgan fingerprint density at radius 3 is 2.50 bits per heavy atom. The van der Waals surface area contributed by atoms with Crippen LogP contribution in [0.1, 0.15) is 0 Å². The quantitative estimate of drug-likeness (QED) is 0.693. The molecule has 1 nitrogen and oxygen atoms in total. The minimum atomic E-state index is 0.576. The molecule has 0 aromatic heterocycles. The van der Waals surface area contributed by atoms with Gasteiger partial charge in [0, 0.05) is 7.05 Å². The molecule has 0 unspecified atom stereocenters. The molecule has 0 aliphatic heterocycles. The van der Waals surface area contributed by atoms with Crippen LogP contribution >= 0.6 is 23.2 Å². The Morgan fingerprint density at radius 1 is 1.30 bits per heavy atom. The van der Waals surface area contributed by atoms with Gasteiger partial charge in [-0.2, -0.15) is 0 Å². The van der Waals surface area contributed by atoms with Crippen LogP contribution in [0.25, 0.3) is 0 Å². The lowest BCUT2D eigenvalue weighted by Crippen LogP contribution is -1.87. The van der Waals surface area contributed by atoms with E-state index in [9.17, 15) is 0 Å². The van der Waals surface area contributed by atoms with Crippen LogP contribution in [-0.2, 0) is 0 Å². The van der Waals surface area contributed by atoms with Gasteiger partial charge in [-0.3, -0.25) is 0 Å². The predicted molar refractivity (Wildman–Crippen MR) is 46.0 cm³/mol. The molecule has 0 aliphatic rings. The average molecular weight is 176 g/mol. The number of benzene rings is 1. The third-order valence-electron chi connectivity index (χ3n) is 1.22. The molecule has 1 aromatic rings. The Hall–Kier alpha value is -0.400. The summed E-state index contributed by atoms with van der Waals surface area (Å²) in [5.74, 6) is 0. The maximum Gasteiger partial charge on any atom is 0.0823 e. The van der Waals surface area contributed by atoms with Crippen LogP contribution in [-0.4, -0.2) is 7.05 Å². The number of hydrogen-bond acceptors (Lipinski definition) is 1. The number of hydrogen-bond donors (Lipinski definition) is 1. The van der Waals surface area contributed by atoms with E-state index >= 15 is 0 Å². The molecule has 0 aliphatic carbocycles. The van der Waals surface area contributed by atoms with Crippen molar-refractivity contribution in [2.45, 2.75) is 0 Å². The molecule has 0 radical (unpaired) electrons. The first-order chi connectivity index (χ1) is 4.75. The largest absolute Gasteiger partial charge is 0.387 e. The van der Waals surface area contributed by atoms with Crippen molar-refractivity contribution in [2.24, 2.45) is 0 Å². The zero-order valence-corrected chi connectivity index (χ0v) is 7.00. The minimum Gasteiger partial charge on any atom is -0.387 e. The van der Waals surface area contributed by atoms with Crippen LogP contribution in [0.4, 0.5) is 5.69 Å². The standard InChI is InChI=1S/C7H7Cl2N/c1-10-6-4-2-3-5(8)7(6)9/h2-4,10H,1H3. The normalized spacial score (nSPS) is 9.50. The zero-order valence-electron chi connectivity index (χ0n) is 5.49. The first-order valence-electron chi connectivity index (χ1n) is 2.87. The SMILES string of the molecule is CNc1cccc(Cl)c1Cl. The van der Waals surface area contributed by atoms with E-state index in [4.69, 9.17) is 23.2 Å². The molecule has 0 atom stereocenters. The van der Waals surface area contributed by atoms with E-state index in [1.54, 1.807) is 13.1 Å². The summed E-state index contributed by atoms with van der Waals surface area (Å²) in [7, 11) is 1.80. The molecule has 54 valence electrons. The summed E-state index contributed by atoms with van der Waals surface area (Å²) < 4.78 is 0. The second kappa shape index (κ2) is 3.13. The van der Waals surface area contributed by atoms with Crippen molar-refractivity contribution < 1.29 is 0 Å². The predicted octanol–water partition coefficient (Wildman–Crippen LogP) is 3.04. The van der Waals surface area contributed by atoms with Crippen LogP contribution in [0.3, 0.4) is 0 Å². The number of anilines is 1. The van der Waals surface area contributed by atoms with Gasteiger partial charge in [-0.05, 0) is 12.1 Å². The molecule has 0 amide bonds. The van der Waals surface area contributed by atoms with Crippen LogP contribution in [0.2, 0.25) is 10.0 Å². The molecular weight excluding hydrogens is 169 g/mol. The van der Waals surface area contributed by atoms with Gasteiger partial charge in [-0.15, -0.1) is 0 Å². The summed E-state index contributed by atoms with van der Waals surface area (Å²) in [6.45, 7) is 0. The maximum atomic E-state index is 5.80. The summed E-state index contributed by atoms with van der Waals surface area (Å²) in [4.78, 5) is 0. The van der Waals surface area contributed by atoms with E-state index in [-0.39, 0.29) is 0 Å². The van der Waals surface area contributed by atoms with Crippen LogP contribution in [0, 0.1) is 0 Å². The Kier molecular flexibility index (Phi) is 2.41. The second-order valence-corrected chi connectivity index (χ2v) is 2.64. The molecule has 1 rings (SSSR count). The number of rotatable bonds is 1. The Bertz CT molecular complexity index is 235. The van der Waals surface area contributed by atoms with Gasteiger partial charge in [0.2, 0.25) is 0 Å². The summed E-state index contributed by atoms with van der Waals surface area (Å²) in [6.07, 6.45) is 0. The van der Waals surface area contributed by atoms with Crippen LogP contribution < -0.4 is 5.32 Å². The van der Waals surface area contributed by atoms with Gasteiger partial charge in [0.25, 0.3) is 0 Å². The highest BCUT2D eigenvalue weighted by Gasteiger charge is 1.99. The maximum absolute atomic E-state index is 5.80. The lowest BCUT2D eigenvalue weighted by molar-refractivity contribution is 1.51. The van der Waals surface area contributed by atoms with E-state index in [1.807, 2.05) is 12.1 Å². The first kappa shape index (κ1) is 7.70. The van der Waals surface area contributed by atoms with Gasteiger partial charge in [0.05, 0.1) is 15.7 Å². The Morgan fingerprint density at radius 2 is 2.00 bits per heavy atom. The Labute approximate surface area is 70.0 Å². The fourth-order valence-corrected chi connectivity index (χ4v) is 1.09. The molecule has 3 heteroatoms. The topological polar surface area (TPSA) is 12.0 Å². The highest BCUT2D eigenvalue weighted by molar-refractivity contribution is 6.43. The third kappa shape index (κ3) is 1.36. The van der Waals surface area contributed by atoms with Crippen molar-refractivity contribution in [2.75, 3.05) is 12.4 Å². The van der Waals surface area contributed by atoms with E-state index in [2.05, 4.69) is 5.32 Å². The third-order valence-corrected chi connectivity index (χ3v) is 2.04. The van der Waals surface area contributed by atoms with E-state index < -0.39 is 0 Å². The zero-order chi connectivity index (χ0) is 7.56. The number of halogens is 2. The van der Waals surface area contributed by atoms with Crippen LogP contribution in [0.15, 0.2) is 18.2 Å². The van der Waals surface area contributed by atoms with Crippen molar-refractivity contribution in [1.82, 2.24) is 0 Å². The molecule has 0 bridgehead atoms. The van der Waals surface area contributed by atoms with E-state index in [1.165, 1.54) is 0 Å². The molecule has 0 spiro atoms. The first-order valence-corrected chi connectivity index (χ1v) is 3.63. The van der Waals surface area contributed by atoms with E-state index in [0.29, 0.717) is 10.0 Å². The van der Waals surface area contributed by atoms with Gasteiger partial charge >= 0.3 is 0 Å². The molecule has 0 fully saturated rings. The number of nitrogens with one attached hydrogen (secondary N) is 1. The second-order valence-electron chi connectivity index (χ2n) is 1.85. The highest BCUT2D eigenvalue weighted by atomic mass is 35.5. The highest BCUT2D eigenvalue weighted by Crippen LogP contribution is 2.28. The van der Waals surface area contributed by atoms with Crippen molar-refractivity contribution in [3.8, 4) is 0 Å². The summed E-state index contributed by atoms with van der Waals surface area (Å²) in [5, 5.41) is 4.07. The lowest BCUT2D eigenvalue weighted by atomic mass is 10.3. The lowest BCUT2D eigenvalue weighted by Gasteiger charge is -2.02. The molecule has 0 saturated carbocycles. The van der Waals surface area contributed by atoms with Crippen molar-refractivity contribution >= 4 is 28.9 Å². The summed E-state index contributed by atoms with van der Waals surface area (Å²) in [5.41, 5.74) is 0.856. The molecule has 10 heavy (non-hydrogen) atoms. The minimum absolute atomic E-state index is 0.576. The van der Waals surface area contributed by atoms with E-state index in [0.717, 1.165) is 5.69 Å². The van der Waals surface area contributed by atoms with Crippen molar-refractivity contribution in [3.63, 3.8) is 0 Å². The average Bonchev–Trinajstić information content (AvgIpc) is 1.95. The smallest absolute Gasteiger partial charge is 0.0823 e. The van der Waals surface area contributed by atoms with Gasteiger partial charge < -0.3 is 5.32 Å². The van der Waals surface area contributed by atoms with Gasteiger partial charge in [-0.25, -0.2) is 0 Å². The van der Waals surface area contributed by atoms with Crippen LogP contribution in [0.5, 0.6) is 0 Å². The molecular formula is C7H7Cl2N. The monoisotopic (exact) mass is 175 g/mol. The fraction of sp³-hybridized carbons (Fsp3) is 0.143. The van der Waals surface area contributed by atoms with Gasteiger partial charge in [-0.1, -0.05) is 29.3 Å². The van der Waals surface area contributed by atoms with Crippen molar-refractivity contribution in [3.05, 3.63) is 28.2 Å². The van der Waals surface area contributed by atoms with Gasteiger partial charge in [0.15, 0.2) is 0 Å². The van der Waals surface area contributed by atoms with Crippen molar-refractivity contribution in [1.29, 1.82) is 0 Å². The van der Waals surface area contributed by atoms with Gasteiger partial charge in [0.1, 0.15) is 0 Å². The summed E-state index contributed by atoms with van der Waals surface area (Å²) >= 11 is 11.5. The Balaban J connectivity index is 3.14. The molecule has 0 heterocycles.